The van der Waals surface area contributed by atoms with Crippen LogP contribution in [0.5, 0.6) is 0 Å². The molecule has 0 aliphatic rings. The Bertz CT molecular complexity index is 607. The first-order chi connectivity index (χ1) is 9.70. The molecule has 2 rings (SSSR count). The van der Waals surface area contributed by atoms with Gasteiger partial charge in [-0.2, -0.15) is 0 Å². The van der Waals surface area contributed by atoms with E-state index in [1.165, 1.54) is 28.7 Å². The molecule has 104 valence electrons. The number of carbonyl (C=O) groups excluding carboxylic acids is 2. The maximum atomic E-state index is 11.8. The molecule has 0 aromatic carbocycles. The molecule has 1 amide bonds. The van der Waals surface area contributed by atoms with Crippen molar-refractivity contribution in [2.45, 2.75) is 0 Å². The van der Waals surface area contributed by atoms with E-state index in [2.05, 4.69) is 21.9 Å². The number of esters is 1. The van der Waals surface area contributed by atoms with Crippen molar-refractivity contribution in [1.29, 1.82) is 0 Å². The fourth-order valence-corrected chi connectivity index (χ4v) is 2.64. The highest BCUT2D eigenvalue weighted by Gasteiger charge is 2.13. The van der Waals surface area contributed by atoms with Crippen LogP contribution in [-0.2, 0) is 9.53 Å². The molecule has 0 saturated carbocycles. The molecule has 0 spiro atoms. The molecule has 0 fully saturated rings. The molecule has 0 atom stereocenters. The minimum absolute atomic E-state index is 0.124. The minimum atomic E-state index is -0.520. The molecule has 0 aliphatic carbocycles. The number of hydrogen-bond acceptors (Lipinski definition) is 7. The third kappa shape index (κ3) is 3.72. The third-order valence-corrected chi connectivity index (χ3v) is 3.59. The molecule has 0 saturated heterocycles. The van der Waals surface area contributed by atoms with E-state index in [9.17, 15) is 9.59 Å². The summed E-state index contributed by atoms with van der Waals surface area (Å²) >= 11 is 2.79. The molecule has 2 aromatic rings. The maximum absolute atomic E-state index is 11.8. The van der Waals surface area contributed by atoms with Crippen molar-refractivity contribution in [2.24, 2.45) is 0 Å². The molecule has 6 nitrogen and oxygen atoms in total. The standard InChI is InChI=1S/C12H11N3O3S2/c1-2-3-18-10(16)4-13-11(17)8-6-20-12(15-8)9-5-19-7-14-9/h2,5-7H,1,3-4H2,(H,13,17). The maximum Gasteiger partial charge on any atom is 0.325 e. The number of amides is 1. The van der Waals surface area contributed by atoms with Crippen LogP contribution in [-0.4, -0.2) is 35.0 Å². The lowest BCUT2D eigenvalue weighted by molar-refractivity contribution is -0.141. The van der Waals surface area contributed by atoms with Crippen molar-refractivity contribution in [3.05, 3.63) is 34.6 Å². The molecule has 20 heavy (non-hydrogen) atoms. The number of thiazole rings is 2. The van der Waals surface area contributed by atoms with E-state index >= 15 is 0 Å². The molecular weight excluding hydrogens is 298 g/mol. The zero-order valence-electron chi connectivity index (χ0n) is 10.4. The number of aromatic nitrogens is 2. The van der Waals surface area contributed by atoms with Crippen molar-refractivity contribution in [3.8, 4) is 10.7 Å². The van der Waals surface area contributed by atoms with E-state index in [4.69, 9.17) is 4.74 Å². The zero-order chi connectivity index (χ0) is 14.4. The fraction of sp³-hybridized carbons (Fsp3) is 0.167. The van der Waals surface area contributed by atoms with Gasteiger partial charge >= 0.3 is 5.97 Å². The molecule has 0 radical (unpaired) electrons. The molecule has 0 aliphatic heterocycles. The van der Waals surface area contributed by atoms with Gasteiger partial charge in [-0.15, -0.1) is 22.7 Å². The molecular formula is C12H11N3O3S2. The number of nitrogens with one attached hydrogen (secondary N) is 1. The monoisotopic (exact) mass is 309 g/mol. The van der Waals surface area contributed by atoms with Crippen molar-refractivity contribution in [3.63, 3.8) is 0 Å². The second-order valence-corrected chi connectivity index (χ2v) is 5.14. The van der Waals surface area contributed by atoms with Crippen molar-refractivity contribution in [2.75, 3.05) is 13.2 Å². The fourth-order valence-electron chi connectivity index (χ4n) is 1.26. The Labute approximate surface area is 123 Å². The van der Waals surface area contributed by atoms with Crippen LogP contribution in [0.1, 0.15) is 10.5 Å². The zero-order valence-corrected chi connectivity index (χ0v) is 12.0. The number of nitrogens with zero attached hydrogens (tertiary/aromatic N) is 2. The number of hydrogen-bond donors (Lipinski definition) is 1. The average Bonchev–Trinajstić information content (AvgIpc) is 3.11. The van der Waals surface area contributed by atoms with Gasteiger partial charge in [0.1, 0.15) is 29.5 Å². The van der Waals surface area contributed by atoms with Gasteiger partial charge in [0.05, 0.1) is 5.51 Å². The Morgan fingerprint density at radius 2 is 2.30 bits per heavy atom. The predicted molar refractivity (Wildman–Crippen MR) is 76.7 cm³/mol. The summed E-state index contributed by atoms with van der Waals surface area (Å²) in [4.78, 5) is 31.3. The summed E-state index contributed by atoms with van der Waals surface area (Å²) in [6.07, 6.45) is 1.46. The molecule has 8 heteroatoms. The predicted octanol–water partition coefficient (Wildman–Crippen LogP) is 1.73. The van der Waals surface area contributed by atoms with E-state index in [1.54, 1.807) is 10.9 Å². The van der Waals surface area contributed by atoms with E-state index in [-0.39, 0.29) is 18.8 Å². The summed E-state index contributed by atoms with van der Waals surface area (Å²) < 4.78 is 4.74. The van der Waals surface area contributed by atoms with Crippen LogP contribution in [0.2, 0.25) is 0 Å². The van der Waals surface area contributed by atoms with Crippen LogP contribution in [0.25, 0.3) is 10.7 Å². The van der Waals surface area contributed by atoms with Crippen LogP contribution < -0.4 is 5.32 Å². The Morgan fingerprint density at radius 1 is 1.45 bits per heavy atom. The first-order valence-electron chi connectivity index (χ1n) is 5.59. The van der Waals surface area contributed by atoms with Gasteiger partial charge in [0.2, 0.25) is 0 Å². The molecule has 0 bridgehead atoms. The van der Waals surface area contributed by atoms with Gasteiger partial charge in [-0.1, -0.05) is 12.7 Å². The van der Waals surface area contributed by atoms with E-state index in [1.807, 2.05) is 5.38 Å². The van der Waals surface area contributed by atoms with E-state index < -0.39 is 11.9 Å². The SMILES string of the molecule is C=CCOC(=O)CNC(=O)c1csc(-c2cscn2)n1. The van der Waals surface area contributed by atoms with Gasteiger partial charge in [-0.3, -0.25) is 9.59 Å². The summed E-state index contributed by atoms with van der Waals surface area (Å²) in [7, 11) is 0. The summed E-state index contributed by atoms with van der Waals surface area (Å²) in [6.45, 7) is 3.35. The summed E-state index contributed by atoms with van der Waals surface area (Å²) in [5.41, 5.74) is 2.70. The lowest BCUT2D eigenvalue weighted by Gasteiger charge is -2.02. The largest absolute Gasteiger partial charge is 0.460 e. The van der Waals surface area contributed by atoms with Gasteiger partial charge in [-0.25, -0.2) is 9.97 Å². The number of ether oxygens (including phenoxy) is 1. The quantitative estimate of drug-likeness (QED) is 0.649. The average molecular weight is 309 g/mol. The Kier molecular flexibility index (Phi) is 4.97. The second-order valence-electron chi connectivity index (χ2n) is 3.57. The first kappa shape index (κ1) is 14.4. The normalized spacial score (nSPS) is 10.0. The number of carbonyl (C=O) groups is 2. The van der Waals surface area contributed by atoms with Crippen LogP contribution in [0.15, 0.2) is 28.9 Å². The Balaban J connectivity index is 1.90. The molecule has 2 aromatic heterocycles. The highest BCUT2D eigenvalue weighted by molar-refractivity contribution is 7.14. The lowest BCUT2D eigenvalue weighted by Crippen LogP contribution is -2.30. The number of rotatable bonds is 6. The van der Waals surface area contributed by atoms with E-state index in [0.717, 1.165) is 5.69 Å². The van der Waals surface area contributed by atoms with Gasteiger partial charge in [0, 0.05) is 10.8 Å². The van der Waals surface area contributed by atoms with Crippen LogP contribution in [0.4, 0.5) is 0 Å². The van der Waals surface area contributed by atoms with Gasteiger partial charge in [0.25, 0.3) is 5.91 Å². The highest BCUT2D eigenvalue weighted by Crippen LogP contribution is 2.23. The second kappa shape index (κ2) is 6.92. The third-order valence-electron chi connectivity index (χ3n) is 2.14. The van der Waals surface area contributed by atoms with Crippen LogP contribution >= 0.6 is 22.7 Å². The van der Waals surface area contributed by atoms with E-state index in [0.29, 0.717) is 5.01 Å². The molecule has 0 unspecified atom stereocenters. The smallest absolute Gasteiger partial charge is 0.325 e. The van der Waals surface area contributed by atoms with Crippen LogP contribution in [0.3, 0.4) is 0 Å². The van der Waals surface area contributed by atoms with Gasteiger partial charge in [-0.05, 0) is 0 Å². The molecule has 1 N–H and O–H groups in total. The van der Waals surface area contributed by atoms with Gasteiger partial charge in [0.15, 0.2) is 0 Å². The Hall–Kier alpha value is -2.06. The highest BCUT2D eigenvalue weighted by atomic mass is 32.1. The summed E-state index contributed by atoms with van der Waals surface area (Å²) in [5.74, 6) is -0.938. The Morgan fingerprint density at radius 3 is 3.00 bits per heavy atom. The topological polar surface area (TPSA) is 81.2 Å². The summed E-state index contributed by atoms with van der Waals surface area (Å²) in [5, 5.41) is 6.60. The van der Waals surface area contributed by atoms with Crippen molar-refractivity contribution >= 4 is 34.6 Å². The molecule has 2 heterocycles. The summed E-state index contributed by atoms with van der Waals surface area (Å²) in [6, 6.07) is 0. The van der Waals surface area contributed by atoms with Crippen molar-refractivity contribution in [1.82, 2.24) is 15.3 Å². The van der Waals surface area contributed by atoms with Crippen molar-refractivity contribution < 1.29 is 14.3 Å². The lowest BCUT2D eigenvalue weighted by atomic mass is 10.4. The minimum Gasteiger partial charge on any atom is -0.460 e. The van der Waals surface area contributed by atoms with Crippen LogP contribution in [0, 0.1) is 0 Å². The first-order valence-corrected chi connectivity index (χ1v) is 7.41. The van der Waals surface area contributed by atoms with Gasteiger partial charge < -0.3 is 10.1 Å².